The molecule has 0 fully saturated rings. The zero-order valence-electron chi connectivity index (χ0n) is 9.03. The molecule has 82 valence electrons. The first kappa shape index (κ1) is 15.3. The predicted molar refractivity (Wildman–Crippen MR) is 54.9 cm³/mol. The SMILES string of the molecule is CC(C)C(C)(N)S(=O)(=O)O.CCC. The van der Waals surface area contributed by atoms with Crippen molar-refractivity contribution in [3.8, 4) is 0 Å². The topological polar surface area (TPSA) is 80.4 Å². The molecule has 0 saturated heterocycles. The largest absolute Gasteiger partial charge is 0.311 e. The van der Waals surface area contributed by atoms with Crippen LogP contribution < -0.4 is 5.73 Å². The number of nitrogens with two attached hydrogens (primary N) is 1. The maximum Gasteiger partial charge on any atom is 0.283 e. The molecule has 0 aliphatic rings. The first-order chi connectivity index (χ1) is 5.61. The van der Waals surface area contributed by atoms with Crippen molar-refractivity contribution in [3.63, 3.8) is 0 Å². The Morgan fingerprint density at radius 3 is 1.62 bits per heavy atom. The van der Waals surface area contributed by atoms with Gasteiger partial charge in [-0.1, -0.05) is 34.1 Å². The van der Waals surface area contributed by atoms with Crippen molar-refractivity contribution >= 4 is 10.1 Å². The van der Waals surface area contributed by atoms with Crippen molar-refractivity contribution in [1.82, 2.24) is 0 Å². The van der Waals surface area contributed by atoms with Crippen LogP contribution in [-0.4, -0.2) is 17.8 Å². The van der Waals surface area contributed by atoms with Gasteiger partial charge in [-0.05, 0) is 12.8 Å². The molecule has 1 unspecified atom stereocenters. The van der Waals surface area contributed by atoms with Crippen molar-refractivity contribution in [2.75, 3.05) is 0 Å². The number of hydrogen-bond donors (Lipinski definition) is 2. The van der Waals surface area contributed by atoms with E-state index in [1.165, 1.54) is 13.3 Å². The van der Waals surface area contributed by atoms with Crippen LogP contribution in [0.4, 0.5) is 0 Å². The summed E-state index contributed by atoms with van der Waals surface area (Å²) >= 11 is 0. The van der Waals surface area contributed by atoms with Crippen LogP contribution in [0.1, 0.15) is 41.0 Å². The highest BCUT2D eigenvalue weighted by Gasteiger charge is 2.36. The van der Waals surface area contributed by atoms with Gasteiger partial charge in [0.2, 0.25) is 0 Å². The lowest BCUT2D eigenvalue weighted by atomic mass is 10.1. The summed E-state index contributed by atoms with van der Waals surface area (Å²) in [6, 6.07) is 0. The third-order valence-corrected chi connectivity index (χ3v) is 3.29. The summed E-state index contributed by atoms with van der Waals surface area (Å²) < 4.78 is 29.6. The van der Waals surface area contributed by atoms with Gasteiger partial charge in [0.1, 0.15) is 4.87 Å². The van der Waals surface area contributed by atoms with E-state index < -0.39 is 15.0 Å². The highest BCUT2D eigenvalue weighted by atomic mass is 32.2. The molecule has 0 bridgehead atoms. The molecular weight excluding hydrogens is 190 g/mol. The second kappa shape index (κ2) is 5.57. The van der Waals surface area contributed by atoms with E-state index in [0.29, 0.717) is 0 Å². The van der Waals surface area contributed by atoms with E-state index in [-0.39, 0.29) is 5.92 Å². The summed E-state index contributed by atoms with van der Waals surface area (Å²) in [7, 11) is -4.12. The van der Waals surface area contributed by atoms with E-state index >= 15 is 0 Å². The predicted octanol–water partition coefficient (Wildman–Crippen LogP) is 1.62. The zero-order valence-corrected chi connectivity index (χ0v) is 9.85. The molecule has 0 aliphatic heterocycles. The van der Waals surface area contributed by atoms with Crippen LogP contribution in [0.25, 0.3) is 0 Å². The van der Waals surface area contributed by atoms with E-state index in [2.05, 4.69) is 13.8 Å². The van der Waals surface area contributed by atoms with Gasteiger partial charge in [-0.15, -0.1) is 0 Å². The molecule has 0 aromatic rings. The van der Waals surface area contributed by atoms with Crippen LogP contribution in [0, 0.1) is 5.92 Å². The smallest absolute Gasteiger partial charge is 0.283 e. The Bertz CT molecular complexity index is 220. The molecule has 0 amide bonds. The minimum absolute atomic E-state index is 0.303. The molecule has 0 aliphatic carbocycles. The van der Waals surface area contributed by atoms with Crippen LogP contribution >= 0.6 is 0 Å². The molecule has 1 atom stereocenters. The molecule has 0 aromatic carbocycles. The van der Waals surface area contributed by atoms with Crippen LogP contribution in [-0.2, 0) is 10.1 Å². The fraction of sp³-hybridized carbons (Fsp3) is 1.00. The quantitative estimate of drug-likeness (QED) is 0.680. The van der Waals surface area contributed by atoms with Crippen LogP contribution in [0.3, 0.4) is 0 Å². The van der Waals surface area contributed by atoms with Crippen LogP contribution in [0.15, 0.2) is 0 Å². The van der Waals surface area contributed by atoms with Crippen molar-refractivity contribution in [1.29, 1.82) is 0 Å². The Balaban J connectivity index is 0. The fourth-order valence-corrected chi connectivity index (χ4v) is 0.894. The van der Waals surface area contributed by atoms with Gasteiger partial charge in [-0.3, -0.25) is 4.55 Å². The van der Waals surface area contributed by atoms with Gasteiger partial charge in [-0.2, -0.15) is 8.42 Å². The Kier molecular flexibility index (Phi) is 6.57. The monoisotopic (exact) mass is 211 g/mol. The number of hydrogen-bond acceptors (Lipinski definition) is 3. The summed E-state index contributed by atoms with van der Waals surface area (Å²) in [6.45, 7) is 8.80. The van der Waals surface area contributed by atoms with Crippen LogP contribution in [0.5, 0.6) is 0 Å². The summed E-state index contributed by atoms with van der Waals surface area (Å²) in [5.41, 5.74) is 5.30. The van der Waals surface area contributed by atoms with Crippen molar-refractivity contribution in [3.05, 3.63) is 0 Å². The van der Waals surface area contributed by atoms with E-state index in [1.54, 1.807) is 13.8 Å². The Morgan fingerprint density at radius 2 is 1.62 bits per heavy atom. The second-order valence-corrected chi connectivity index (χ2v) is 5.35. The van der Waals surface area contributed by atoms with Gasteiger partial charge in [0.05, 0.1) is 0 Å². The molecule has 0 radical (unpaired) electrons. The summed E-state index contributed by atoms with van der Waals surface area (Å²) in [6.07, 6.45) is 1.25. The Morgan fingerprint density at radius 1 is 1.38 bits per heavy atom. The minimum Gasteiger partial charge on any atom is -0.311 e. The fourth-order valence-electron chi connectivity index (χ4n) is 0.298. The lowest BCUT2D eigenvalue weighted by Crippen LogP contribution is -2.48. The number of rotatable bonds is 2. The lowest BCUT2D eigenvalue weighted by Gasteiger charge is -2.24. The molecule has 0 spiro atoms. The Hall–Kier alpha value is -0.130. The van der Waals surface area contributed by atoms with Gasteiger partial charge in [0.25, 0.3) is 10.1 Å². The van der Waals surface area contributed by atoms with Crippen LogP contribution in [0.2, 0.25) is 0 Å². The molecular formula is C8H21NO3S. The van der Waals surface area contributed by atoms with E-state index in [9.17, 15) is 8.42 Å². The minimum atomic E-state index is -4.12. The third kappa shape index (κ3) is 5.23. The molecule has 3 N–H and O–H groups in total. The first-order valence-corrected chi connectivity index (χ1v) is 5.81. The Labute approximate surface area is 81.3 Å². The standard InChI is InChI=1S/C5H13NO3S.C3H8/c1-4(2)5(3,6)10(7,8)9;1-3-2/h4H,6H2,1-3H3,(H,7,8,9);3H2,1-2H3. The van der Waals surface area contributed by atoms with E-state index in [1.807, 2.05) is 0 Å². The molecule has 0 rings (SSSR count). The molecule has 4 nitrogen and oxygen atoms in total. The van der Waals surface area contributed by atoms with E-state index in [0.717, 1.165) is 0 Å². The average molecular weight is 211 g/mol. The van der Waals surface area contributed by atoms with Gasteiger partial charge in [0.15, 0.2) is 0 Å². The summed E-state index contributed by atoms with van der Waals surface area (Å²) in [5.74, 6) is -0.303. The van der Waals surface area contributed by atoms with Crippen molar-refractivity contribution < 1.29 is 13.0 Å². The second-order valence-electron chi connectivity index (χ2n) is 3.52. The van der Waals surface area contributed by atoms with Gasteiger partial charge >= 0.3 is 0 Å². The average Bonchev–Trinajstić information content (AvgIpc) is 1.86. The normalized spacial score (nSPS) is 16.0. The maximum absolute atomic E-state index is 10.5. The van der Waals surface area contributed by atoms with E-state index in [4.69, 9.17) is 10.3 Å². The molecule has 13 heavy (non-hydrogen) atoms. The maximum atomic E-state index is 10.5. The zero-order chi connectivity index (χ0) is 11.3. The highest BCUT2D eigenvalue weighted by Crippen LogP contribution is 2.18. The molecule has 0 saturated carbocycles. The molecule has 5 heteroatoms. The summed E-state index contributed by atoms with van der Waals surface area (Å²) in [4.78, 5) is -1.53. The summed E-state index contributed by atoms with van der Waals surface area (Å²) in [5, 5.41) is 0. The van der Waals surface area contributed by atoms with Gasteiger partial charge < -0.3 is 5.73 Å². The molecule has 0 heterocycles. The lowest BCUT2D eigenvalue weighted by molar-refractivity contribution is 0.381. The van der Waals surface area contributed by atoms with Crippen molar-refractivity contribution in [2.45, 2.75) is 45.9 Å². The van der Waals surface area contributed by atoms with Crippen molar-refractivity contribution in [2.24, 2.45) is 11.7 Å². The van der Waals surface area contributed by atoms with Gasteiger partial charge in [-0.25, -0.2) is 0 Å². The third-order valence-electron chi connectivity index (χ3n) is 1.70. The first-order valence-electron chi connectivity index (χ1n) is 4.37. The highest BCUT2D eigenvalue weighted by molar-refractivity contribution is 7.87. The van der Waals surface area contributed by atoms with Gasteiger partial charge in [0, 0.05) is 0 Å². The molecule has 0 aromatic heterocycles.